The molecule has 3 aromatic rings. The summed E-state index contributed by atoms with van der Waals surface area (Å²) < 4.78 is 0. The van der Waals surface area contributed by atoms with Gasteiger partial charge in [0.1, 0.15) is 0 Å². The van der Waals surface area contributed by atoms with E-state index in [0.29, 0.717) is 20.1 Å². The summed E-state index contributed by atoms with van der Waals surface area (Å²) in [5, 5.41) is 11.1. The molecule has 0 saturated carbocycles. The van der Waals surface area contributed by atoms with Crippen LogP contribution in [0.1, 0.15) is 5.56 Å². The van der Waals surface area contributed by atoms with Gasteiger partial charge in [0.05, 0.1) is 32.6 Å². The number of pyridine rings is 1. The zero-order valence-electron chi connectivity index (χ0n) is 12.7. The molecule has 0 radical (unpaired) electrons. The van der Waals surface area contributed by atoms with E-state index in [2.05, 4.69) is 11.1 Å². The van der Waals surface area contributed by atoms with E-state index in [9.17, 15) is 5.26 Å². The van der Waals surface area contributed by atoms with Crippen LogP contribution in [-0.4, -0.2) is 4.98 Å². The van der Waals surface area contributed by atoms with Crippen LogP contribution in [0.15, 0.2) is 48.8 Å². The molecule has 2 nitrogen and oxygen atoms in total. The molecule has 0 saturated heterocycles. The summed E-state index contributed by atoms with van der Waals surface area (Å²) in [6, 6.07) is 12.9. The maximum atomic E-state index is 9.30. The van der Waals surface area contributed by atoms with Gasteiger partial charge in [-0.25, -0.2) is 0 Å². The second-order valence-electron chi connectivity index (χ2n) is 5.31. The van der Waals surface area contributed by atoms with Crippen molar-refractivity contribution in [2.24, 2.45) is 0 Å². The Morgan fingerprint density at radius 1 is 0.760 bits per heavy atom. The molecule has 6 heteroatoms. The van der Waals surface area contributed by atoms with Gasteiger partial charge in [-0.3, -0.25) is 4.98 Å². The molecule has 0 fully saturated rings. The van der Waals surface area contributed by atoms with Crippen LogP contribution in [0.4, 0.5) is 0 Å². The second kappa shape index (κ2) is 7.64. The van der Waals surface area contributed by atoms with E-state index in [1.54, 1.807) is 36.7 Å². The average Bonchev–Trinajstić information content (AvgIpc) is 2.60. The zero-order chi connectivity index (χ0) is 18.0. The third-order valence-corrected chi connectivity index (χ3v) is 5.25. The van der Waals surface area contributed by atoms with Gasteiger partial charge in [-0.05, 0) is 41.0 Å². The Morgan fingerprint density at radius 3 is 1.64 bits per heavy atom. The van der Waals surface area contributed by atoms with Crippen molar-refractivity contribution >= 4 is 46.4 Å². The summed E-state index contributed by atoms with van der Waals surface area (Å²) in [6.45, 7) is 0. The van der Waals surface area contributed by atoms with Crippen LogP contribution in [-0.2, 0) is 6.42 Å². The first kappa shape index (κ1) is 18.0. The topological polar surface area (TPSA) is 36.7 Å². The molecule has 2 aromatic carbocycles. The summed E-state index contributed by atoms with van der Waals surface area (Å²) >= 11 is 24.3. The van der Waals surface area contributed by atoms with E-state index in [4.69, 9.17) is 46.4 Å². The van der Waals surface area contributed by atoms with E-state index >= 15 is 0 Å². The first-order valence-electron chi connectivity index (χ1n) is 7.26. The number of benzene rings is 2. The Kier molecular flexibility index (Phi) is 5.51. The SMILES string of the molecule is N#CCc1c(-c2ccc(Cl)c(Cl)c2)cncc1-c1ccc(Cl)c(Cl)c1. The molecule has 1 aromatic heterocycles. The van der Waals surface area contributed by atoms with Crippen LogP contribution < -0.4 is 0 Å². The molecule has 25 heavy (non-hydrogen) atoms. The number of rotatable bonds is 3. The van der Waals surface area contributed by atoms with Crippen molar-refractivity contribution in [3.8, 4) is 28.3 Å². The van der Waals surface area contributed by atoms with E-state index < -0.39 is 0 Å². The highest BCUT2D eigenvalue weighted by Crippen LogP contribution is 2.36. The molecule has 3 rings (SSSR count). The predicted octanol–water partition coefficient (Wildman–Crippen LogP) is 7.10. The maximum Gasteiger partial charge on any atom is 0.0670 e. The summed E-state index contributed by atoms with van der Waals surface area (Å²) in [4.78, 5) is 4.32. The van der Waals surface area contributed by atoms with Gasteiger partial charge in [0, 0.05) is 23.5 Å². The van der Waals surface area contributed by atoms with Crippen LogP contribution in [0.3, 0.4) is 0 Å². The van der Waals surface area contributed by atoms with Gasteiger partial charge < -0.3 is 0 Å². The monoisotopic (exact) mass is 406 g/mol. The first-order valence-corrected chi connectivity index (χ1v) is 8.77. The van der Waals surface area contributed by atoms with Gasteiger partial charge in [-0.15, -0.1) is 0 Å². The minimum Gasteiger partial charge on any atom is -0.263 e. The predicted molar refractivity (Wildman–Crippen MR) is 104 cm³/mol. The lowest BCUT2D eigenvalue weighted by Gasteiger charge is -2.14. The van der Waals surface area contributed by atoms with E-state index in [1.165, 1.54) is 0 Å². The minimum atomic E-state index is 0.216. The number of aromatic nitrogens is 1. The van der Waals surface area contributed by atoms with Crippen molar-refractivity contribution in [2.75, 3.05) is 0 Å². The number of halogens is 4. The summed E-state index contributed by atoms with van der Waals surface area (Å²) in [5.74, 6) is 0. The third-order valence-electron chi connectivity index (χ3n) is 3.77. The Hall–Kier alpha value is -1.76. The van der Waals surface area contributed by atoms with Gasteiger partial charge in [-0.2, -0.15) is 5.26 Å². The fraction of sp³-hybridized carbons (Fsp3) is 0.0526. The Morgan fingerprint density at radius 2 is 1.24 bits per heavy atom. The van der Waals surface area contributed by atoms with Crippen molar-refractivity contribution in [3.63, 3.8) is 0 Å². The lowest BCUT2D eigenvalue weighted by molar-refractivity contribution is 1.22. The zero-order valence-corrected chi connectivity index (χ0v) is 15.8. The quantitative estimate of drug-likeness (QED) is 0.464. The molecular weight excluding hydrogens is 398 g/mol. The normalized spacial score (nSPS) is 10.5. The number of hydrogen-bond donors (Lipinski definition) is 0. The lowest BCUT2D eigenvalue weighted by atomic mass is 9.93. The van der Waals surface area contributed by atoms with Crippen molar-refractivity contribution in [1.82, 2.24) is 4.98 Å². The second-order valence-corrected chi connectivity index (χ2v) is 6.93. The fourth-order valence-corrected chi connectivity index (χ4v) is 3.18. The molecule has 0 aliphatic rings. The lowest BCUT2D eigenvalue weighted by Crippen LogP contribution is -1.95. The molecule has 0 spiro atoms. The number of nitriles is 1. The van der Waals surface area contributed by atoms with Crippen molar-refractivity contribution in [1.29, 1.82) is 5.26 Å². The average molecular weight is 408 g/mol. The van der Waals surface area contributed by atoms with E-state index in [-0.39, 0.29) is 6.42 Å². The van der Waals surface area contributed by atoms with Crippen LogP contribution in [0.5, 0.6) is 0 Å². The summed E-state index contributed by atoms with van der Waals surface area (Å²) in [5.41, 5.74) is 4.17. The number of hydrogen-bond acceptors (Lipinski definition) is 2. The molecule has 0 amide bonds. The Labute approximate surface area is 165 Å². The van der Waals surface area contributed by atoms with Crippen LogP contribution >= 0.6 is 46.4 Å². The molecule has 124 valence electrons. The van der Waals surface area contributed by atoms with Crippen LogP contribution in [0.25, 0.3) is 22.3 Å². The maximum absolute atomic E-state index is 9.30. The highest BCUT2D eigenvalue weighted by Gasteiger charge is 2.14. The fourth-order valence-electron chi connectivity index (χ4n) is 2.58. The molecule has 0 aliphatic heterocycles. The van der Waals surface area contributed by atoms with Crippen LogP contribution in [0.2, 0.25) is 20.1 Å². The van der Waals surface area contributed by atoms with Gasteiger partial charge in [0.2, 0.25) is 0 Å². The van der Waals surface area contributed by atoms with Crippen molar-refractivity contribution in [2.45, 2.75) is 6.42 Å². The third kappa shape index (κ3) is 3.76. The molecule has 0 atom stereocenters. The van der Waals surface area contributed by atoms with E-state index in [1.807, 2.05) is 12.1 Å². The minimum absolute atomic E-state index is 0.216. The standard InChI is InChI=1S/C19H10Cl4N2/c20-16-3-1-11(7-18(16)22)14-9-25-10-15(13(14)5-6-24)12-2-4-17(21)19(23)8-12/h1-4,7-10H,5H2. The Bertz CT molecular complexity index is 923. The first-order chi connectivity index (χ1) is 12.0. The number of nitrogens with zero attached hydrogens (tertiary/aromatic N) is 2. The van der Waals surface area contributed by atoms with Crippen molar-refractivity contribution < 1.29 is 0 Å². The van der Waals surface area contributed by atoms with Crippen molar-refractivity contribution in [3.05, 3.63) is 74.4 Å². The summed E-state index contributed by atoms with van der Waals surface area (Å²) in [7, 11) is 0. The highest BCUT2D eigenvalue weighted by atomic mass is 35.5. The van der Waals surface area contributed by atoms with Gasteiger partial charge in [-0.1, -0.05) is 58.5 Å². The molecular formula is C19H10Cl4N2. The Balaban J connectivity index is 2.22. The smallest absolute Gasteiger partial charge is 0.0670 e. The molecule has 0 N–H and O–H groups in total. The largest absolute Gasteiger partial charge is 0.263 e. The molecule has 1 heterocycles. The van der Waals surface area contributed by atoms with Gasteiger partial charge in [0.15, 0.2) is 0 Å². The van der Waals surface area contributed by atoms with Gasteiger partial charge in [0.25, 0.3) is 0 Å². The molecule has 0 unspecified atom stereocenters. The highest BCUT2D eigenvalue weighted by molar-refractivity contribution is 6.42. The van der Waals surface area contributed by atoms with Crippen LogP contribution in [0, 0.1) is 11.3 Å². The molecule has 0 aliphatic carbocycles. The summed E-state index contributed by atoms with van der Waals surface area (Å²) in [6.07, 6.45) is 3.65. The molecule has 0 bridgehead atoms. The van der Waals surface area contributed by atoms with Gasteiger partial charge >= 0.3 is 0 Å². The van der Waals surface area contributed by atoms with E-state index in [0.717, 1.165) is 27.8 Å².